The fraction of sp³-hybridized carbons (Fsp3) is 0.632. The molecule has 1 aliphatic heterocycles. The quantitative estimate of drug-likeness (QED) is 0.155. The first kappa shape index (κ1) is 26.4. The van der Waals surface area contributed by atoms with Gasteiger partial charge in [0.25, 0.3) is 0 Å². The average molecular weight is 541 g/mol. The Morgan fingerprint density at radius 1 is 1.33 bits per heavy atom. The third kappa shape index (κ3) is 9.45. The molecule has 7 nitrogen and oxygen atoms in total. The summed E-state index contributed by atoms with van der Waals surface area (Å²) in [6.45, 7) is 12.4. The van der Waals surface area contributed by atoms with Crippen LogP contribution >= 0.6 is 24.0 Å². The molecule has 0 atom stereocenters. The molecular formula is C19H31F3IN7. The molecule has 0 radical (unpaired) electrons. The van der Waals surface area contributed by atoms with Crippen LogP contribution in [0.3, 0.4) is 0 Å². The van der Waals surface area contributed by atoms with Gasteiger partial charge in [-0.3, -0.25) is 9.89 Å². The number of aromatic nitrogens is 2. The number of hydrogen-bond acceptors (Lipinski definition) is 5. The fourth-order valence-corrected chi connectivity index (χ4v) is 3.07. The number of halogens is 4. The van der Waals surface area contributed by atoms with Crippen molar-refractivity contribution in [1.82, 2.24) is 25.5 Å². The zero-order valence-electron chi connectivity index (χ0n) is 17.4. The minimum absolute atomic E-state index is 0. The number of nitrogens with zero attached hydrogens (tertiary/aromatic N) is 4. The second kappa shape index (κ2) is 12.9. The zero-order valence-corrected chi connectivity index (χ0v) is 19.8. The molecule has 2 heterocycles. The van der Waals surface area contributed by atoms with E-state index in [0.29, 0.717) is 25.1 Å². The van der Waals surface area contributed by atoms with Crippen molar-refractivity contribution >= 4 is 35.9 Å². The van der Waals surface area contributed by atoms with Crippen molar-refractivity contribution in [3.63, 3.8) is 0 Å². The maximum Gasteiger partial charge on any atom is 0.433 e. The standard InChI is InChI=1S/C19H30F3N7.HI/c1-4-23-17(27-15-6-11-29(12-7-15)13-14(2)3)25-9-10-26-18-24-8-5-16(28-18)19(20,21)22;/h5,8,15H,2,4,6-7,9-13H2,1,3H3,(H2,23,25,27)(H,24,26,28);1H. The molecule has 3 N–H and O–H groups in total. The van der Waals surface area contributed by atoms with E-state index in [9.17, 15) is 13.2 Å². The molecule has 0 aliphatic carbocycles. The summed E-state index contributed by atoms with van der Waals surface area (Å²) < 4.78 is 38.1. The van der Waals surface area contributed by atoms with Gasteiger partial charge >= 0.3 is 6.18 Å². The minimum atomic E-state index is -4.49. The molecule has 2 rings (SSSR count). The van der Waals surface area contributed by atoms with Crippen molar-refractivity contribution in [2.45, 2.75) is 38.9 Å². The summed E-state index contributed by atoms with van der Waals surface area (Å²) in [7, 11) is 0. The number of guanidine groups is 1. The van der Waals surface area contributed by atoms with Gasteiger partial charge in [0.05, 0.1) is 6.54 Å². The van der Waals surface area contributed by atoms with Gasteiger partial charge in [0.1, 0.15) is 5.69 Å². The molecule has 0 saturated carbocycles. The highest BCUT2D eigenvalue weighted by Crippen LogP contribution is 2.27. The van der Waals surface area contributed by atoms with Crippen LogP contribution in [0, 0.1) is 0 Å². The molecule has 1 aliphatic rings. The summed E-state index contributed by atoms with van der Waals surface area (Å²) in [5, 5.41) is 9.43. The zero-order chi connectivity index (χ0) is 21.3. The number of nitrogens with one attached hydrogen (secondary N) is 3. The van der Waals surface area contributed by atoms with Gasteiger partial charge in [-0.05, 0) is 32.8 Å². The van der Waals surface area contributed by atoms with Gasteiger partial charge < -0.3 is 16.0 Å². The van der Waals surface area contributed by atoms with Crippen LogP contribution in [0.5, 0.6) is 0 Å². The number of alkyl halides is 3. The Kier molecular flexibility index (Phi) is 11.4. The molecule has 0 unspecified atom stereocenters. The first-order chi connectivity index (χ1) is 13.8. The Bertz CT molecular complexity index is 689. The molecule has 1 fully saturated rings. The fourth-order valence-electron chi connectivity index (χ4n) is 3.07. The summed E-state index contributed by atoms with van der Waals surface area (Å²) in [5.74, 6) is 0.649. The summed E-state index contributed by atoms with van der Waals surface area (Å²) in [5.41, 5.74) is 0.204. The van der Waals surface area contributed by atoms with Crippen LogP contribution in [0.25, 0.3) is 0 Å². The molecule has 11 heteroatoms. The highest BCUT2D eigenvalue weighted by molar-refractivity contribution is 14.0. The summed E-state index contributed by atoms with van der Waals surface area (Å²) >= 11 is 0. The lowest BCUT2D eigenvalue weighted by molar-refractivity contribution is -0.141. The number of anilines is 1. The van der Waals surface area contributed by atoms with Crippen LogP contribution in [0.4, 0.5) is 19.1 Å². The Balaban J connectivity index is 0.00000450. The topological polar surface area (TPSA) is 77.5 Å². The van der Waals surface area contributed by atoms with E-state index in [0.717, 1.165) is 51.3 Å². The molecule has 1 saturated heterocycles. The largest absolute Gasteiger partial charge is 0.433 e. The van der Waals surface area contributed by atoms with E-state index in [-0.39, 0.29) is 29.9 Å². The average Bonchev–Trinajstić information content (AvgIpc) is 2.66. The molecular weight excluding hydrogens is 510 g/mol. The summed E-state index contributed by atoms with van der Waals surface area (Å²) in [4.78, 5) is 14.2. The van der Waals surface area contributed by atoms with E-state index in [2.05, 4.69) is 42.4 Å². The number of rotatable bonds is 8. The van der Waals surface area contributed by atoms with Crippen molar-refractivity contribution in [2.75, 3.05) is 44.6 Å². The molecule has 1 aromatic rings. The SMILES string of the molecule is C=C(C)CN1CCC(NC(=NCCNc2nccc(C(F)(F)F)n2)NCC)CC1.I. The molecule has 0 aromatic carbocycles. The number of piperidine rings is 1. The van der Waals surface area contributed by atoms with Gasteiger partial charge in [0.2, 0.25) is 5.95 Å². The van der Waals surface area contributed by atoms with Crippen LogP contribution in [-0.2, 0) is 6.18 Å². The van der Waals surface area contributed by atoms with Crippen molar-refractivity contribution in [2.24, 2.45) is 4.99 Å². The Labute approximate surface area is 193 Å². The van der Waals surface area contributed by atoms with Crippen molar-refractivity contribution in [3.8, 4) is 0 Å². The molecule has 0 spiro atoms. The molecule has 30 heavy (non-hydrogen) atoms. The first-order valence-corrected chi connectivity index (χ1v) is 9.83. The monoisotopic (exact) mass is 541 g/mol. The third-order valence-electron chi connectivity index (χ3n) is 4.38. The van der Waals surface area contributed by atoms with E-state index in [1.54, 1.807) is 0 Å². The lowest BCUT2D eigenvalue weighted by Crippen LogP contribution is -2.49. The van der Waals surface area contributed by atoms with E-state index < -0.39 is 11.9 Å². The van der Waals surface area contributed by atoms with Crippen LogP contribution in [0.1, 0.15) is 32.4 Å². The highest BCUT2D eigenvalue weighted by atomic mass is 127. The maximum absolute atomic E-state index is 12.7. The smallest absolute Gasteiger partial charge is 0.357 e. The normalized spacial score (nSPS) is 16.0. The van der Waals surface area contributed by atoms with Crippen molar-refractivity contribution in [3.05, 3.63) is 30.1 Å². The minimum Gasteiger partial charge on any atom is -0.357 e. The first-order valence-electron chi connectivity index (χ1n) is 9.83. The van der Waals surface area contributed by atoms with Gasteiger partial charge in [0, 0.05) is 45.0 Å². The summed E-state index contributed by atoms with van der Waals surface area (Å²) in [6.07, 6.45) is -1.35. The number of likely N-dealkylation sites (tertiary alicyclic amines) is 1. The van der Waals surface area contributed by atoms with Crippen molar-refractivity contribution < 1.29 is 13.2 Å². The second-order valence-electron chi connectivity index (χ2n) is 7.10. The van der Waals surface area contributed by atoms with Crippen LogP contribution in [0.2, 0.25) is 0 Å². The van der Waals surface area contributed by atoms with Gasteiger partial charge in [-0.15, -0.1) is 24.0 Å². The van der Waals surface area contributed by atoms with E-state index in [4.69, 9.17) is 0 Å². The van der Waals surface area contributed by atoms with Crippen LogP contribution in [-0.4, -0.2) is 66.1 Å². The van der Waals surface area contributed by atoms with Gasteiger partial charge in [-0.2, -0.15) is 13.2 Å². The third-order valence-corrected chi connectivity index (χ3v) is 4.38. The second-order valence-corrected chi connectivity index (χ2v) is 7.10. The maximum atomic E-state index is 12.7. The predicted molar refractivity (Wildman–Crippen MR) is 124 cm³/mol. The molecule has 170 valence electrons. The highest BCUT2D eigenvalue weighted by Gasteiger charge is 2.32. The van der Waals surface area contributed by atoms with Crippen LogP contribution in [0.15, 0.2) is 29.4 Å². The van der Waals surface area contributed by atoms with Crippen molar-refractivity contribution in [1.29, 1.82) is 0 Å². The van der Waals surface area contributed by atoms with Gasteiger partial charge in [0.15, 0.2) is 5.96 Å². The van der Waals surface area contributed by atoms with E-state index in [1.807, 2.05) is 13.8 Å². The molecule has 0 bridgehead atoms. The Morgan fingerprint density at radius 2 is 2.03 bits per heavy atom. The van der Waals surface area contributed by atoms with Gasteiger partial charge in [-0.1, -0.05) is 12.2 Å². The lowest BCUT2D eigenvalue weighted by Gasteiger charge is -2.33. The summed E-state index contributed by atoms with van der Waals surface area (Å²) in [6, 6.07) is 1.19. The number of hydrogen-bond donors (Lipinski definition) is 3. The Morgan fingerprint density at radius 3 is 2.63 bits per heavy atom. The molecule has 1 aromatic heterocycles. The van der Waals surface area contributed by atoms with Gasteiger partial charge in [-0.25, -0.2) is 9.97 Å². The van der Waals surface area contributed by atoms with E-state index in [1.165, 1.54) is 5.57 Å². The molecule has 0 amide bonds. The number of aliphatic imine (C=N–C) groups is 1. The van der Waals surface area contributed by atoms with Crippen LogP contribution < -0.4 is 16.0 Å². The van der Waals surface area contributed by atoms with E-state index >= 15 is 0 Å². The lowest BCUT2D eigenvalue weighted by atomic mass is 10.0. The predicted octanol–water partition coefficient (Wildman–Crippen LogP) is 3.12. The Hall–Kier alpha value is -1.63.